The second-order valence-electron chi connectivity index (χ2n) is 5.13. The number of anilines is 1. The molecule has 0 aromatic heterocycles. The molecule has 2 aromatic rings. The molecule has 1 unspecified atom stereocenters. The lowest BCUT2D eigenvalue weighted by Crippen LogP contribution is -2.27. The average Bonchev–Trinajstić information content (AvgIpc) is 2.75. The van der Waals surface area contributed by atoms with Crippen molar-refractivity contribution in [3.05, 3.63) is 58.6 Å². The molecule has 0 saturated carbocycles. The van der Waals surface area contributed by atoms with Crippen LogP contribution >= 0.6 is 11.6 Å². The van der Waals surface area contributed by atoms with Gasteiger partial charge in [0.15, 0.2) is 0 Å². The van der Waals surface area contributed by atoms with Crippen LogP contribution in [0.15, 0.2) is 42.5 Å². The lowest BCUT2D eigenvalue weighted by Gasteiger charge is -2.16. The molecule has 0 fully saturated rings. The van der Waals surface area contributed by atoms with E-state index in [1.165, 1.54) is 0 Å². The van der Waals surface area contributed by atoms with Crippen LogP contribution in [0.1, 0.15) is 17.2 Å². The molecular weight excluding hydrogens is 272 g/mol. The number of rotatable bonds is 2. The minimum atomic E-state index is -0.888. The summed E-state index contributed by atoms with van der Waals surface area (Å²) in [5, 5.41) is 10.6. The van der Waals surface area contributed by atoms with Crippen molar-refractivity contribution in [1.29, 1.82) is 0 Å². The van der Waals surface area contributed by atoms with Gasteiger partial charge in [0.2, 0.25) is 0 Å². The van der Waals surface area contributed by atoms with Crippen LogP contribution in [-0.2, 0) is 4.65 Å². The molecule has 1 aliphatic rings. The van der Waals surface area contributed by atoms with Crippen LogP contribution in [0.25, 0.3) is 0 Å². The molecule has 0 amide bonds. The highest BCUT2D eigenvalue weighted by atomic mass is 35.5. The van der Waals surface area contributed by atoms with Crippen molar-refractivity contribution in [2.24, 2.45) is 0 Å². The van der Waals surface area contributed by atoms with E-state index in [0.717, 1.165) is 22.3 Å². The van der Waals surface area contributed by atoms with Crippen molar-refractivity contribution in [3.63, 3.8) is 0 Å². The van der Waals surface area contributed by atoms with E-state index in [0.29, 0.717) is 5.02 Å². The minimum absolute atomic E-state index is 0.269. The Morgan fingerprint density at radius 1 is 1.15 bits per heavy atom. The smallest absolute Gasteiger partial charge is 0.423 e. The lowest BCUT2D eigenvalue weighted by molar-refractivity contribution is 0.226. The van der Waals surface area contributed by atoms with Crippen LogP contribution in [0.4, 0.5) is 5.69 Å². The summed E-state index contributed by atoms with van der Waals surface area (Å²) in [6, 6.07) is 13.5. The summed E-state index contributed by atoms with van der Waals surface area (Å²) in [5.41, 5.74) is 3.85. The van der Waals surface area contributed by atoms with E-state index in [1.807, 2.05) is 55.4 Å². The van der Waals surface area contributed by atoms with Crippen molar-refractivity contribution in [2.75, 3.05) is 19.0 Å². The standard InChI is InChI=1S/C15H15BClNO2/c1-18(2)12-6-3-10(4-7-12)15-13-9-11(17)5-8-14(13)16(19)20-15/h3-9,15,19H,1-2H3. The average molecular weight is 288 g/mol. The number of fused-ring (bicyclic) bond motifs is 1. The predicted octanol–water partition coefficient (Wildman–Crippen LogP) is 2.21. The van der Waals surface area contributed by atoms with Gasteiger partial charge in [-0.05, 0) is 40.9 Å². The van der Waals surface area contributed by atoms with Gasteiger partial charge in [-0.3, -0.25) is 0 Å². The van der Waals surface area contributed by atoms with Crippen LogP contribution in [0.5, 0.6) is 0 Å². The van der Waals surface area contributed by atoms with Gasteiger partial charge >= 0.3 is 7.12 Å². The van der Waals surface area contributed by atoms with E-state index < -0.39 is 7.12 Å². The Kier molecular flexibility index (Phi) is 3.46. The van der Waals surface area contributed by atoms with Gasteiger partial charge in [-0.1, -0.05) is 29.8 Å². The molecule has 5 heteroatoms. The molecule has 20 heavy (non-hydrogen) atoms. The first-order chi connectivity index (χ1) is 9.56. The van der Waals surface area contributed by atoms with Crippen molar-refractivity contribution in [2.45, 2.75) is 6.10 Å². The fourth-order valence-electron chi connectivity index (χ4n) is 2.48. The molecule has 0 radical (unpaired) electrons. The zero-order valence-electron chi connectivity index (χ0n) is 11.4. The number of hydrogen-bond donors (Lipinski definition) is 1. The fraction of sp³-hybridized carbons (Fsp3) is 0.200. The topological polar surface area (TPSA) is 32.7 Å². The van der Waals surface area contributed by atoms with Crippen LogP contribution in [0.3, 0.4) is 0 Å². The van der Waals surface area contributed by atoms with Gasteiger partial charge in [-0.2, -0.15) is 0 Å². The summed E-state index contributed by atoms with van der Waals surface area (Å²) in [6.45, 7) is 0. The SMILES string of the molecule is CN(C)c1ccc(C2OB(O)c3ccc(Cl)cc32)cc1. The normalized spacial score (nSPS) is 17.2. The van der Waals surface area contributed by atoms with Gasteiger partial charge in [0.1, 0.15) is 0 Å². The summed E-state index contributed by atoms with van der Waals surface area (Å²) in [5.74, 6) is 0. The molecule has 0 spiro atoms. The van der Waals surface area contributed by atoms with Crippen LogP contribution < -0.4 is 10.4 Å². The van der Waals surface area contributed by atoms with Gasteiger partial charge in [0.25, 0.3) is 0 Å². The summed E-state index contributed by atoms with van der Waals surface area (Å²) >= 11 is 6.05. The van der Waals surface area contributed by atoms with E-state index in [2.05, 4.69) is 0 Å². The van der Waals surface area contributed by atoms with Crippen molar-refractivity contribution < 1.29 is 9.68 Å². The molecule has 0 bridgehead atoms. The van der Waals surface area contributed by atoms with Crippen molar-refractivity contribution >= 4 is 29.9 Å². The maximum atomic E-state index is 9.97. The minimum Gasteiger partial charge on any atom is -0.423 e. The Balaban J connectivity index is 1.98. The third-order valence-corrected chi connectivity index (χ3v) is 3.81. The van der Waals surface area contributed by atoms with Crippen molar-refractivity contribution in [1.82, 2.24) is 0 Å². The number of benzene rings is 2. The molecule has 1 atom stereocenters. The number of hydrogen-bond acceptors (Lipinski definition) is 3. The molecule has 2 aromatic carbocycles. The second-order valence-corrected chi connectivity index (χ2v) is 5.56. The fourth-order valence-corrected chi connectivity index (χ4v) is 2.66. The van der Waals surface area contributed by atoms with Gasteiger partial charge < -0.3 is 14.6 Å². The Morgan fingerprint density at radius 3 is 2.50 bits per heavy atom. The maximum Gasteiger partial charge on any atom is 0.492 e. The summed E-state index contributed by atoms with van der Waals surface area (Å²) in [4.78, 5) is 2.04. The molecule has 1 N–H and O–H groups in total. The van der Waals surface area contributed by atoms with E-state index in [9.17, 15) is 5.02 Å². The van der Waals surface area contributed by atoms with Gasteiger partial charge in [0, 0.05) is 24.8 Å². The van der Waals surface area contributed by atoms with E-state index in [-0.39, 0.29) is 6.10 Å². The van der Waals surface area contributed by atoms with Crippen molar-refractivity contribution in [3.8, 4) is 0 Å². The summed E-state index contributed by atoms with van der Waals surface area (Å²) in [7, 11) is 3.11. The third-order valence-electron chi connectivity index (χ3n) is 3.57. The van der Waals surface area contributed by atoms with Crippen LogP contribution in [0.2, 0.25) is 5.02 Å². The Hall–Kier alpha value is -1.49. The van der Waals surface area contributed by atoms with Gasteiger partial charge in [-0.15, -0.1) is 0 Å². The number of halogens is 1. The molecule has 102 valence electrons. The summed E-state index contributed by atoms with van der Waals surface area (Å²) < 4.78 is 5.66. The molecule has 1 aliphatic heterocycles. The first-order valence-corrected chi connectivity index (χ1v) is 6.84. The first-order valence-electron chi connectivity index (χ1n) is 6.46. The van der Waals surface area contributed by atoms with E-state index >= 15 is 0 Å². The van der Waals surface area contributed by atoms with Gasteiger partial charge in [0.05, 0.1) is 6.10 Å². The Labute approximate surface area is 123 Å². The molecule has 0 saturated heterocycles. The van der Waals surface area contributed by atoms with E-state index in [4.69, 9.17) is 16.3 Å². The maximum absolute atomic E-state index is 9.97. The molecule has 3 rings (SSSR count). The molecular formula is C15H15BClNO2. The Bertz CT molecular complexity index is 630. The lowest BCUT2D eigenvalue weighted by atomic mass is 9.79. The van der Waals surface area contributed by atoms with E-state index in [1.54, 1.807) is 6.07 Å². The van der Waals surface area contributed by atoms with Crippen LogP contribution in [-0.4, -0.2) is 26.2 Å². The zero-order chi connectivity index (χ0) is 14.3. The highest BCUT2D eigenvalue weighted by molar-refractivity contribution is 6.62. The van der Waals surface area contributed by atoms with Crippen LogP contribution in [0, 0.1) is 0 Å². The zero-order valence-corrected chi connectivity index (χ0v) is 12.1. The monoisotopic (exact) mass is 287 g/mol. The number of nitrogens with zero attached hydrogens (tertiary/aromatic N) is 1. The quantitative estimate of drug-likeness (QED) is 0.860. The predicted molar refractivity (Wildman–Crippen MR) is 82.8 cm³/mol. The third kappa shape index (κ3) is 2.31. The molecule has 1 heterocycles. The largest absolute Gasteiger partial charge is 0.492 e. The second kappa shape index (κ2) is 5.13. The highest BCUT2D eigenvalue weighted by Crippen LogP contribution is 2.32. The summed E-state index contributed by atoms with van der Waals surface area (Å²) in [6.07, 6.45) is -0.269. The van der Waals surface area contributed by atoms with Gasteiger partial charge in [-0.25, -0.2) is 0 Å². The Morgan fingerprint density at radius 2 is 1.85 bits per heavy atom. The molecule has 0 aliphatic carbocycles. The highest BCUT2D eigenvalue weighted by Gasteiger charge is 2.35. The molecule has 3 nitrogen and oxygen atoms in total. The first kappa shape index (κ1) is 13.5.